The van der Waals surface area contributed by atoms with Gasteiger partial charge in [0, 0.05) is 4.88 Å². The fourth-order valence-corrected chi connectivity index (χ4v) is 3.68. The van der Waals surface area contributed by atoms with Crippen LogP contribution in [0.5, 0.6) is 5.75 Å². The molecule has 0 spiro atoms. The number of fused-ring (bicyclic) bond motifs is 1. The SMILES string of the molecule is CCc1ccc(OCC(O)Cn2cnc3sc(C)c(C)c3c2=O)cc1. The van der Waals surface area contributed by atoms with Gasteiger partial charge in [0.15, 0.2) is 0 Å². The molecule has 0 aliphatic rings. The lowest BCUT2D eigenvalue weighted by atomic mass is 10.2. The van der Waals surface area contributed by atoms with E-state index >= 15 is 0 Å². The summed E-state index contributed by atoms with van der Waals surface area (Å²) in [7, 11) is 0. The van der Waals surface area contributed by atoms with E-state index in [2.05, 4.69) is 11.9 Å². The molecule has 1 atom stereocenters. The Hall–Kier alpha value is -2.18. The van der Waals surface area contributed by atoms with Crippen molar-refractivity contribution in [1.29, 1.82) is 0 Å². The minimum Gasteiger partial charge on any atom is -0.491 e. The van der Waals surface area contributed by atoms with Gasteiger partial charge in [-0.2, -0.15) is 0 Å². The number of benzene rings is 1. The molecule has 1 N–H and O–H groups in total. The van der Waals surface area contributed by atoms with Crippen molar-refractivity contribution in [2.75, 3.05) is 6.61 Å². The van der Waals surface area contributed by atoms with E-state index in [1.807, 2.05) is 38.1 Å². The molecular weight excluding hydrogens is 336 g/mol. The van der Waals surface area contributed by atoms with Crippen molar-refractivity contribution in [1.82, 2.24) is 9.55 Å². The van der Waals surface area contributed by atoms with Crippen molar-refractivity contribution in [3.05, 3.63) is 57.0 Å². The predicted molar refractivity (Wildman–Crippen MR) is 101 cm³/mol. The topological polar surface area (TPSA) is 64.3 Å². The molecule has 0 radical (unpaired) electrons. The Morgan fingerprint density at radius 3 is 2.68 bits per heavy atom. The molecule has 0 amide bonds. The van der Waals surface area contributed by atoms with Crippen LogP contribution in [-0.4, -0.2) is 27.4 Å². The molecule has 3 aromatic rings. The van der Waals surface area contributed by atoms with Crippen LogP contribution in [0.2, 0.25) is 0 Å². The molecule has 0 aliphatic heterocycles. The van der Waals surface area contributed by atoms with Crippen LogP contribution < -0.4 is 10.3 Å². The van der Waals surface area contributed by atoms with Gasteiger partial charge in [0.05, 0.1) is 18.3 Å². The lowest BCUT2D eigenvalue weighted by Crippen LogP contribution is -2.30. The van der Waals surface area contributed by atoms with Crippen molar-refractivity contribution in [3.8, 4) is 5.75 Å². The number of aryl methyl sites for hydroxylation is 3. The third kappa shape index (κ3) is 3.75. The highest BCUT2D eigenvalue weighted by molar-refractivity contribution is 7.18. The number of hydrogen-bond donors (Lipinski definition) is 1. The van der Waals surface area contributed by atoms with Gasteiger partial charge in [-0.15, -0.1) is 11.3 Å². The smallest absolute Gasteiger partial charge is 0.262 e. The van der Waals surface area contributed by atoms with E-state index in [0.717, 1.165) is 21.7 Å². The summed E-state index contributed by atoms with van der Waals surface area (Å²) < 4.78 is 7.07. The van der Waals surface area contributed by atoms with Crippen LogP contribution in [-0.2, 0) is 13.0 Å². The molecule has 132 valence electrons. The number of thiophene rings is 1. The average molecular weight is 358 g/mol. The molecule has 3 rings (SSSR count). The monoisotopic (exact) mass is 358 g/mol. The molecule has 1 unspecified atom stereocenters. The van der Waals surface area contributed by atoms with E-state index in [9.17, 15) is 9.90 Å². The first kappa shape index (κ1) is 17.6. The van der Waals surface area contributed by atoms with Crippen LogP contribution in [0.4, 0.5) is 0 Å². The van der Waals surface area contributed by atoms with E-state index in [4.69, 9.17) is 4.74 Å². The summed E-state index contributed by atoms with van der Waals surface area (Å²) in [6, 6.07) is 7.79. The van der Waals surface area contributed by atoms with Gasteiger partial charge in [0.25, 0.3) is 5.56 Å². The van der Waals surface area contributed by atoms with Gasteiger partial charge >= 0.3 is 0 Å². The lowest BCUT2D eigenvalue weighted by molar-refractivity contribution is 0.0915. The predicted octanol–water partition coefficient (Wildman–Crippen LogP) is 3.08. The van der Waals surface area contributed by atoms with Crippen LogP contribution in [0.1, 0.15) is 22.9 Å². The van der Waals surface area contributed by atoms with Gasteiger partial charge in [0.1, 0.15) is 23.3 Å². The minimum absolute atomic E-state index is 0.113. The summed E-state index contributed by atoms with van der Waals surface area (Å²) >= 11 is 1.52. The zero-order valence-electron chi connectivity index (χ0n) is 14.7. The fraction of sp³-hybridized carbons (Fsp3) is 0.368. The summed E-state index contributed by atoms with van der Waals surface area (Å²) in [5.41, 5.74) is 2.09. The Kier molecular flexibility index (Phi) is 5.20. The van der Waals surface area contributed by atoms with E-state index < -0.39 is 6.10 Å². The maximum Gasteiger partial charge on any atom is 0.262 e. The average Bonchev–Trinajstić information content (AvgIpc) is 2.91. The number of ether oxygens (including phenoxy) is 1. The quantitative estimate of drug-likeness (QED) is 0.735. The third-order valence-electron chi connectivity index (χ3n) is 4.34. The highest BCUT2D eigenvalue weighted by Gasteiger charge is 2.14. The largest absolute Gasteiger partial charge is 0.491 e. The number of aromatic nitrogens is 2. The molecule has 2 aromatic heterocycles. The van der Waals surface area contributed by atoms with Crippen LogP contribution >= 0.6 is 11.3 Å². The molecule has 0 fully saturated rings. The summed E-state index contributed by atoms with van der Waals surface area (Å²) in [6.07, 6.45) is 1.69. The van der Waals surface area contributed by atoms with Crippen LogP contribution in [0, 0.1) is 13.8 Å². The molecule has 2 heterocycles. The zero-order chi connectivity index (χ0) is 18.0. The first-order chi connectivity index (χ1) is 12.0. The second kappa shape index (κ2) is 7.37. The number of rotatable bonds is 6. The highest BCUT2D eigenvalue weighted by atomic mass is 32.1. The van der Waals surface area contributed by atoms with Crippen LogP contribution in [0.15, 0.2) is 35.4 Å². The number of aliphatic hydroxyl groups is 1. The van der Waals surface area contributed by atoms with Gasteiger partial charge in [-0.05, 0) is 43.5 Å². The van der Waals surface area contributed by atoms with Crippen molar-refractivity contribution in [2.24, 2.45) is 0 Å². The number of nitrogens with zero attached hydrogens (tertiary/aromatic N) is 2. The van der Waals surface area contributed by atoms with Crippen molar-refractivity contribution in [3.63, 3.8) is 0 Å². The first-order valence-corrected chi connectivity index (χ1v) is 9.16. The highest BCUT2D eigenvalue weighted by Crippen LogP contribution is 2.25. The second-order valence-corrected chi connectivity index (χ2v) is 7.33. The van der Waals surface area contributed by atoms with Gasteiger partial charge in [-0.3, -0.25) is 9.36 Å². The van der Waals surface area contributed by atoms with Crippen molar-refractivity contribution >= 4 is 21.6 Å². The Labute approximate surface area is 150 Å². The van der Waals surface area contributed by atoms with Crippen LogP contribution in [0.3, 0.4) is 0 Å². The second-order valence-electron chi connectivity index (χ2n) is 6.13. The third-order valence-corrected chi connectivity index (χ3v) is 5.45. The summed E-state index contributed by atoms with van der Waals surface area (Å²) in [6.45, 7) is 6.29. The normalized spacial score (nSPS) is 12.5. The molecule has 0 saturated carbocycles. The van der Waals surface area contributed by atoms with E-state index in [1.165, 1.54) is 27.8 Å². The first-order valence-electron chi connectivity index (χ1n) is 8.34. The molecule has 0 aliphatic carbocycles. The molecule has 0 saturated heterocycles. The Balaban J connectivity index is 1.69. The van der Waals surface area contributed by atoms with Gasteiger partial charge in [-0.1, -0.05) is 19.1 Å². The molecular formula is C19H22N2O3S. The Morgan fingerprint density at radius 2 is 2.00 bits per heavy atom. The molecule has 6 heteroatoms. The summed E-state index contributed by atoms with van der Waals surface area (Å²) in [4.78, 5) is 18.8. The molecule has 0 bridgehead atoms. The minimum atomic E-state index is -0.789. The van der Waals surface area contributed by atoms with Gasteiger partial charge in [-0.25, -0.2) is 4.98 Å². The lowest BCUT2D eigenvalue weighted by Gasteiger charge is -2.14. The van der Waals surface area contributed by atoms with E-state index in [1.54, 1.807) is 0 Å². The summed E-state index contributed by atoms with van der Waals surface area (Å²) in [5, 5.41) is 10.9. The fourth-order valence-electron chi connectivity index (χ4n) is 2.69. The number of hydrogen-bond acceptors (Lipinski definition) is 5. The maximum absolute atomic E-state index is 12.6. The molecule has 5 nitrogen and oxygen atoms in total. The Morgan fingerprint density at radius 1 is 1.28 bits per heavy atom. The maximum atomic E-state index is 12.6. The van der Waals surface area contributed by atoms with E-state index in [0.29, 0.717) is 11.1 Å². The molecule has 1 aromatic carbocycles. The van der Waals surface area contributed by atoms with Gasteiger partial charge in [0.2, 0.25) is 0 Å². The zero-order valence-corrected chi connectivity index (χ0v) is 15.5. The van der Waals surface area contributed by atoms with Crippen LogP contribution in [0.25, 0.3) is 10.2 Å². The van der Waals surface area contributed by atoms with Gasteiger partial charge < -0.3 is 9.84 Å². The standard InChI is InChI=1S/C19H22N2O3S/c1-4-14-5-7-16(8-6-14)24-10-15(22)9-21-11-20-18-17(19(21)23)12(2)13(3)25-18/h5-8,11,15,22H,4,9-10H2,1-3H3. The number of aliphatic hydroxyl groups excluding tert-OH is 1. The Bertz CT molecular complexity index is 928. The van der Waals surface area contributed by atoms with E-state index in [-0.39, 0.29) is 18.7 Å². The van der Waals surface area contributed by atoms with Crippen molar-refractivity contribution < 1.29 is 9.84 Å². The molecule has 25 heavy (non-hydrogen) atoms. The summed E-state index contributed by atoms with van der Waals surface area (Å²) in [5.74, 6) is 0.710. The van der Waals surface area contributed by atoms with Crippen molar-refractivity contribution in [2.45, 2.75) is 39.8 Å².